The van der Waals surface area contributed by atoms with Crippen molar-refractivity contribution in [3.63, 3.8) is 0 Å². The standard InChI is InChI=1S/C23H21NO2S/c1-2-3-15-26-21-12-10-19(11-13-21)23(25)24-20-7-4-6-18(17-20)9-14-22-8-5-16-27-22/h4-8,10-13,16-17H,2-3,15H2,1H3,(H,24,25). The van der Waals surface area contributed by atoms with Gasteiger partial charge in [0.25, 0.3) is 5.91 Å². The Morgan fingerprint density at radius 3 is 2.67 bits per heavy atom. The smallest absolute Gasteiger partial charge is 0.255 e. The minimum Gasteiger partial charge on any atom is -0.494 e. The molecule has 3 nitrogen and oxygen atoms in total. The number of anilines is 1. The Labute approximate surface area is 164 Å². The third kappa shape index (κ3) is 5.73. The van der Waals surface area contributed by atoms with Gasteiger partial charge in [0.1, 0.15) is 5.75 Å². The molecule has 0 aliphatic rings. The van der Waals surface area contributed by atoms with E-state index >= 15 is 0 Å². The molecule has 0 aliphatic heterocycles. The van der Waals surface area contributed by atoms with Crippen LogP contribution >= 0.6 is 11.3 Å². The fourth-order valence-electron chi connectivity index (χ4n) is 2.40. The van der Waals surface area contributed by atoms with Gasteiger partial charge in [-0.15, -0.1) is 11.3 Å². The first-order chi connectivity index (χ1) is 13.2. The van der Waals surface area contributed by atoms with Gasteiger partial charge in [0, 0.05) is 16.8 Å². The molecular formula is C23H21NO2S. The first-order valence-electron chi connectivity index (χ1n) is 8.94. The average Bonchev–Trinajstić information content (AvgIpc) is 3.21. The van der Waals surface area contributed by atoms with Gasteiger partial charge in [0.15, 0.2) is 0 Å². The van der Waals surface area contributed by atoms with Crippen molar-refractivity contribution in [3.05, 3.63) is 82.0 Å². The van der Waals surface area contributed by atoms with E-state index < -0.39 is 0 Å². The lowest BCUT2D eigenvalue weighted by Gasteiger charge is -2.08. The van der Waals surface area contributed by atoms with Crippen molar-refractivity contribution in [2.75, 3.05) is 11.9 Å². The van der Waals surface area contributed by atoms with Crippen molar-refractivity contribution in [1.29, 1.82) is 0 Å². The lowest BCUT2D eigenvalue weighted by atomic mass is 10.1. The van der Waals surface area contributed by atoms with Crippen LogP contribution in [0.3, 0.4) is 0 Å². The quantitative estimate of drug-likeness (QED) is 0.451. The summed E-state index contributed by atoms with van der Waals surface area (Å²) in [6.07, 6.45) is 2.12. The maximum Gasteiger partial charge on any atom is 0.255 e. The van der Waals surface area contributed by atoms with Crippen molar-refractivity contribution in [2.24, 2.45) is 0 Å². The van der Waals surface area contributed by atoms with E-state index in [1.165, 1.54) is 0 Å². The van der Waals surface area contributed by atoms with Gasteiger partial charge >= 0.3 is 0 Å². The molecule has 27 heavy (non-hydrogen) atoms. The number of nitrogens with one attached hydrogen (secondary N) is 1. The molecule has 0 unspecified atom stereocenters. The first-order valence-corrected chi connectivity index (χ1v) is 9.82. The Balaban J connectivity index is 1.63. The molecule has 1 aromatic heterocycles. The second-order valence-electron chi connectivity index (χ2n) is 5.99. The lowest BCUT2D eigenvalue weighted by Crippen LogP contribution is -2.11. The third-order valence-corrected chi connectivity index (χ3v) is 4.64. The molecule has 2 aromatic carbocycles. The molecule has 3 aromatic rings. The zero-order chi connectivity index (χ0) is 18.9. The molecule has 0 saturated carbocycles. The predicted octanol–water partition coefficient (Wildman–Crippen LogP) is 5.58. The maximum absolute atomic E-state index is 12.5. The van der Waals surface area contributed by atoms with Gasteiger partial charge in [-0.2, -0.15) is 0 Å². The number of ether oxygens (including phenoxy) is 1. The molecule has 0 saturated heterocycles. The molecule has 1 heterocycles. The van der Waals surface area contributed by atoms with Crippen molar-refractivity contribution in [1.82, 2.24) is 0 Å². The Hall–Kier alpha value is -3.03. The monoisotopic (exact) mass is 375 g/mol. The summed E-state index contributed by atoms with van der Waals surface area (Å²) in [5.74, 6) is 6.88. The summed E-state index contributed by atoms with van der Waals surface area (Å²) in [6, 6.07) is 18.7. The SMILES string of the molecule is CCCCOc1ccc(C(=O)Nc2cccc(C#Cc3cccs3)c2)cc1. The fraction of sp³-hybridized carbons (Fsp3) is 0.174. The summed E-state index contributed by atoms with van der Waals surface area (Å²) >= 11 is 1.61. The van der Waals surface area contributed by atoms with Crippen LogP contribution in [0.2, 0.25) is 0 Å². The second kappa shape index (κ2) is 9.61. The molecular weight excluding hydrogens is 354 g/mol. The number of amides is 1. The van der Waals surface area contributed by atoms with E-state index in [1.54, 1.807) is 23.5 Å². The molecule has 136 valence electrons. The minimum atomic E-state index is -0.154. The molecule has 3 rings (SSSR count). The summed E-state index contributed by atoms with van der Waals surface area (Å²) in [4.78, 5) is 13.5. The van der Waals surface area contributed by atoms with Crippen molar-refractivity contribution in [3.8, 4) is 17.6 Å². The zero-order valence-electron chi connectivity index (χ0n) is 15.2. The van der Waals surface area contributed by atoms with E-state index in [4.69, 9.17) is 4.74 Å². The highest BCUT2D eigenvalue weighted by Gasteiger charge is 2.06. The average molecular weight is 375 g/mol. The van der Waals surface area contributed by atoms with Crippen LogP contribution in [0.25, 0.3) is 0 Å². The number of carbonyl (C=O) groups excluding carboxylic acids is 1. The Morgan fingerprint density at radius 1 is 1.07 bits per heavy atom. The molecule has 0 atom stereocenters. The molecule has 1 amide bonds. The van der Waals surface area contributed by atoms with Gasteiger partial charge in [-0.3, -0.25) is 4.79 Å². The number of thiophene rings is 1. The van der Waals surface area contributed by atoms with Crippen molar-refractivity contribution >= 4 is 22.9 Å². The highest BCUT2D eigenvalue weighted by molar-refractivity contribution is 7.10. The molecule has 0 bridgehead atoms. The Morgan fingerprint density at radius 2 is 1.93 bits per heavy atom. The van der Waals surface area contributed by atoms with Gasteiger partial charge in [0.05, 0.1) is 11.5 Å². The second-order valence-corrected chi connectivity index (χ2v) is 6.94. The summed E-state index contributed by atoms with van der Waals surface area (Å²) in [7, 11) is 0. The number of unbranched alkanes of at least 4 members (excludes halogenated alkanes) is 1. The van der Waals surface area contributed by atoms with Crippen LogP contribution in [0.5, 0.6) is 5.75 Å². The topological polar surface area (TPSA) is 38.3 Å². The maximum atomic E-state index is 12.5. The van der Waals surface area contributed by atoms with Crippen LogP contribution in [0, 0.1) is 11.8 Å². The summed E-state index contributed by atoms with van der Waals surface area (Å²) in [6.45, 7) is 2.82. The van der Waals surface area contributed by atoms with E-state index in [2.05, 4.69) is 24.1 Å². The van der Waals surface area contributed by atoms with Crippen LogP contribution in [0.1, 0.15) is 40.6 Å². The summed E-state index contributed by atoms with van der Waals surface area (Å²) in [5, 5.41) is 4.92. The molecule has 0 aliphatic carbocycles. The Bertz CT molecular complexity index is 935. The van der Waals surface area contributed by atoms with Crippen LogP contribution in [-0.2, 0) is 0 Å². The van der Waals surface area contributed by atoms with Gasteiger partial charge in [0.2, 0.25) is 0 Å². The Kier molecular flexibility index (Phi) is 6.67. The lowest BCUT2D eigenvalue weighted by molar-refractivity contribution is 0.102. The van der Waals surface area contributed by atoms with E-state index in [0.717, 1.165) is 34.7 Å². The zero-order valence-corrected chi connectivity index (χ0v) is 16.0. The minimum absolute atomic E-state index is 0.154. The van der Waals surface area contributed by atoms with Crippen LogP contribution in [0.4, 0.5) is 5.69 Å². The van der Waals surface area contributed by atoms with E-state index in [9.17, 15) is 4.79 Å². The van der Waals surface area contributed by atoms with Gasteiger partial charge in [-0.1, -0.05) is 37.3 Å². The normalized spacial score (nSPS) is 9.96. The fourth-order valence-corrected chi connectivity index (χ4v) is 2.97. The van der Waals surface area contributed by atoms with Crippen LogP contribution in [-0.4, -0.2) is 12.5 Å². The summed E-state index contributed by atoms with van der Waals surface area (Å²) < 4.78 is 5.63. The van der Waals surface area contributed by atoms with Crippen LogP contribution < -0.4 is 10.1 Å². The molecule has 4 heteroatoms. The van der Waals surface area contributed by atoms with Gasteiger partial charge in [-0.25, -0.2) is 0 Å². The first kappa shape index (κ1) is 18.8. The van der Waals surface area contributed by atoms with Crippen molar-refractivity contribution in [2.45, 2.75) is 19.8 Å². The highest BCUT2D eigenvalue weighted by Crippen LogP contribution is 2.16. The number of hydrogen-bond donors (Lipinski definition) is 1. The number of hydrogen-bond acceptors (Lipinski definition) is 3. The van der Waals surface area contributed by atoms with E-state index in [1.807, 2.05) is 53.9 Å². The number of benzene rings is 2. The number of carbonyl (C=O) groups is 1. The molecule has 0 spiro atoms. The molecule has 0 radical (unpaired) electrons. The number of rotatable bonds is 6. The predicted molar refractivity (Wildman–Crippen MR) is 112 cm³/mol. The van der Waals surface area contributed by atoms with Crippen LogP contribution in [0.15, 0.2) is 66.0 Å². The van der Waals surface area contributed by atoms with Crippen molar-refractivity contribution < 1.29 is 9.53 Å². The highest BCUT2D eigenvalue weighted by atomic mass is 32.1. The summed E-state index contributed by atoms with van der Waals surface area (Å²) in [5.41, 5.74) is 2.18. The molecule has 1 N–H and O–H groups in total. The molecule has 0 fully saturated rings. The van der Waals surface area contributed by atoms with Gasteiger partial charge < -0.3 is 10.1 Å². The van der Waals surface area contributed by atoms with E-state index in [-0.39, 0.29) is 5.91 Å². The van der Waals surface area contributed by atoms with E-state index in [0.29, 0.717) is 12.2 Å². The largest absolute Gasteiger partial charge is 0.494 e. The third-order valence-electron chi connectivity index (χ3n) is 3.85. The van der Waals surface area contributed by atoms with Gasteiger partial charge in [-0.05, 0) is 60.3 Å².